The van der Waals surface area contributed by atoms with Crippen molar-refractivity contribution in [1.29, 1.82) is 0 Å². The predicted octanol–water partition coefficient (Wildman–Crippen LogP) is 0.920. The number of sulfonamides is 1. The highest BCUT2D eigenvalue weighted by atomic mass is 35.7. The Kier molecular flexibility index (Phi) is 4.49. The monoisotopic (exact) mass is 355 g/mol. The van der Waals surface area contributed by atoms with Crippen LogP contribution in [0, 0.1) is 0 Å². The zero-order chi connectivity index (χ0) is 14.8. The Labute approximate surface area is 124 Å². The first-order valence-electron chi connectivity index (χ1n) is 5.31. The fraction of sp³-hybridized carbons (Fsp3) is 0.222. The van der Waals surface area contributed by atoms with Gasteiger partial charge >= 0.3 is 0 Å². The minimum Gasteiger partial charge on any atom is -0.266 e. The molecule has 2 aromatic heterocycles. The first-order valence-corrected chi connectivity index (χ1v) is 9.92. The molecule has 11 heteroatoms. The number of hydrogen-bond donors (Lipinski definition) is 2. The molecule has 0 spiro atoms. The second-order valence-corrected chi connectivity index (χ2v) is 9.42. The van der Waals surface area contributed by atoms with E-state index < -0.39 is 19.1 Å². The van der Waals surface area contributed by atoms with Crippen LogP contribution in [0.25, 0.3) is 0 Å². The number of hydrogen-bond acceptors (Lipinski definition) is 6. The van der Waals surface area contributed by atoms with Crippen molar-refractivity contribution in [3.05, 3.63) is 29.3 Å². The number of H-pyrrole nitrogens is 1. The van der Waals surface area contributed by atoms with Crippen LogP contribution < -0.4 is 4.72 Å². The van der Waals surface area contributed by atoms with Gasteiger partial charge in [-0.05, 0) is 24.6 Å². The lowest BCUT2D eigenvalue weighted by molar-refractivity contribution is 0.577. The molecule has 0 bridgehead atoms. The summed E-state index contributed by atoms with van der Waals surface area (Å²) in [6.07, 6.45) is 1.70. The van der Waals surface area contributed by atoms with Crippen LogP contribution in [0.2, 0.25) is 0 Å². The van der Waals surface area contributed by atoms with E-state index in [0.29, 0.717) is 6.42 Å². The molecule has 0 radical (unpaired) electrons. The number of rotatable bonds is 6. The van der Waals surface area contributed by atoms with Crippen molar-refractivity contribution in [3.8, 4) is 0 Å². The molecular weight excluding hydrogens is 346 g/mol. The number of thiophene rings is 1. The van der Waals surface area contributed by atoms with Gasteiger partial charge in [-0.2, -0.15) is 5.10 Å². The number of halogens is 1. The van der Waals surface area contributed by atoms with Crippen molar-refractivity contribution < 1.29 is 16.8 Å². The summed E-state index contributed by atoms with van der Waals surface area (Å²) in [6, 6.07) is 4.34. The Morgan fingerprint density at radius 3 is 2.55 bits per heavy atom. The molecule has 0 atom stereocenters. The summed E-state index contributed by atoms with van der Waals surface area (Å²) in [5.41, 5.74) is 0. The fourth-order valence-electron chi connectivity index (χ4n) is 1.40. The molecule has 7 nitrogen and oxygen atoms in total. The molecule has 0 aliphatic rings. The largest absolute Gasteiger partial charge is 0.270 e. The Bertz CT molecular complexity index is 780. The highest BCUT2D eigenvalue weighted by molar-refractivity contribution is 8.15. The molecule has 0 amide bonds. The second-order valence-electron chi connectivity index (χ2n) is 3.73. The van der Waals surface area contributed by atoms with Crippen molar-refractivity contribution in [2.45, 2.75) is 15.7 Å². The standard InChI is InChI=1S/C9H10ClN3O4S3/c10-19(14,15)9-2-1-7(18-9)3-6-12-20(16,17)8-4-5-11-13-8/h1-2,4-5,12H,3,6H2,(H,11,13). The van der Waals surface area contributed by atoms with Crippen molar-refractivity contribution in [2.75, 3.05) is 6.54 Å². The summed E-state index contributed by atoms with van der Waals surface area (Å²) < 4.78 is 48.1. The average molecular weight is 356 g/mol. The molecule has 0 saturated heterocycles. The molecule has 2 heterocycles. The number of aromatic nitrogens is 2. The van der Waals surface area contributed by atoms with Crippen LogP contribution in [-0.2, 0) is 25.5 Å². The van der Waals surface area contributed by atoms with Crippen LogP contribution in [0.1, 0.15) is 4.88 Å². The second kappa shape index (κ2) is 5.82. The molecule has 0 aliphatic heterocycles. The summed E-state index contributed by atoms with van der Waals surface area (Å²) >= 11 is 1.01. The van der Waals surface area contributed by atoms with Crippen LogP contribution >= 0.6 is 22.0 Å². The van der Waals surface area contributed by atoms with Crippen molar-refractivity contribution in [3.63, 3.8) is 0 Å². The highest BCUT2D eigenvalue weighted by Gasteiger charge is 2.16. The maximum Gasteiger partial charge on any atom is 0.270 e. The van der Waals surface area contributed by atoms with E-state index in [1.807, 2.05) is 0 Å². The number of nitrogens with one attached hydrogen (secondary N) is 2. The molecule has 0 aromatic carbocycles. The van der Waals surface area contributed by atoms with Gasteiger partial charge in [0, 0.05) is 22.1 Å². The van der Waals surface area contributed by atoms with Gasteiger partial charge in [-0.1, -0.05) is 0 Å². The molecule has 2 rings (SSSR count). The fourth-order valence-corrected chi connectivity index (χ4v) is 4.46. The number of nitrogens with zero attached hydrogens (tertiary/aromatic N) is 1. The molecule has 0 aliphatic carbocycles. The summed E-state index contributed by atoms with van der Waals surface area (Å²) in [5, 5.41) is 5.90. The van der Waals surface area contributed by atoms with E-state index in [-0.39, 0.29) is 15.8 Å². The predicted molar refractivity (Wildman–Crippen MR) is 74.8 cm³/mol. The van der Waals surface area contributed by atoms with Gasteiger partial charge < -0.3 is 0 Å². The van der Waals surface area contributed by atoms with E-state index in [1.54, 1.807) is 6.07 Å². The maximum atomic E-state index is 11.8. The third-order valence-electron chi connectivity index (χ3n) is 2.31. The van der Waals surface area contributed by atoms with Gasteiger partial charge in [-0.15, -0.1) is 11.3 Å². The van der Waals surface area contributed by atoms with E-state index in [0.717, 1.165) is 16.2 Å². The summed E-state index contributed by atoms with van der Waals surface area (Å²) in [5.74, 6) is 0. The van der Waals surface area contributed by atoms with Crippen LogP contribution in [-0.4, -0.2) is 33.6 Å². The van der Waals surface area contributed by atoms with Crippen molar-refractivity contribution >= 4 is 41.1 Å². The van der Waals surface area contributed by atoms with Crippen molar-refractivity contribution in [2.24, 2.45) is 0 Å². The highest BCUT2D eigenvalue weighted by Crippen LogP contribution is 2.24. The van der Waals surface area contributed by atoms with Gasteiger partial charge in [0.05, 0.1) is 6.20 Å². The van der Waals surface area contributed by atoms with E-state index in [1.165, 1.54) is 18.3 Å². The topological polar surface area (TPSA) is 109 Å². The van der Waals surface area contributed by atoms with Crippen LogP contribution in [0.15, 0.2) is 33.6 Å². The Morgan fingerprint density at radius 1 is 1.25 bits per heavy atom. The smallest absolute Gasteiger partial charge is 0.266 e. The van der Waals surface area contributed by atoms with Crippen LogP contribution in [0.5, 0.6) is 0 Å². The van der Waals surface area contributed by atoms with Gasteiger partial charge in [0.25, 0.3) is 19.1 Å². The SMILES string of the molecule is O=S(=O)(Cl)c1ccc(CCNS(=O)(=O)c2ccn[nH]2)s1. The normalized spacial score (nSPS) is 12.7. The van der Waals surface area contributed by atoms with Gasteiger partial charge in [-0.3, -0.25) is 5.10 Å². The first kappa shape index (κ1) is 15.4. The van der Waals surface area contributed by atoms with Gasteiger partial charge in [-0.25, -0.2) is 21.6 Å². The third-order valence-corrected chi connectivity index (χ3v) is 6.93. The molecule has 110 valence electrons. The zero-order valence-corrected chi connectivity index (χ0v) is 13.1. The summed E-state index contributed by atoms with van der Waals surface area (Å²) in [6.45, 7) is 0.142. The molecule has 2 aromatic rings. The average Bonchev–Trinajstić information content (AvgIpc) is 2.99. The molecule has 0 unspecified atom stereocenters. The summed E-state index contributed by atoms with van der Waals surface area (Å²) in [7, 11) is -2.14. The van der Waals surface area contributed by atoms with Gasteiger partial charge in [0.2, 0.25) is 0 Å². The third kappa shape index (κ3) is 3.79. The van der Waals surface area contributed by atoms with Crippen molar-refractivity contribution in [1.82, 2.24) is 14.9 Å². The quantitative estimate of drug-likeness (QED) is 0.749. The van der Waals surface area contributed by atoms with E-state index in [2.05, 4.69) is 14.9 Å². The van der Waals surface area contributed by atoms with E-state index in [9.17, 15) is 16.8 Å². The minimum atomic E-state index is -3.73. The Balaban J connectivity index is 1.96. The van der Waals surface area contributed by atoms with Gasteiger partial charge in [0.1, 0.15) is 4.21 Å². The number of aromatic amines is 1. The first-order chi connectivity index (χ1) is 9.29. The molecule has 2 N–H and O–H groups in total. The lowest BCUT2D eigenvalue weighted by Gasteiger charge is -2.03. The van der Waals surface area contributed by atoms with Gasteiger partial charge in [0.15, 0.2) is 5.03 Å². The van der Waals surface area contributed by atoms with E-state index >= 15 is 0 Å². The minimum absolute atomic E-state index is 0.0206. The van der Waals surface area contributed by atoms with Crippen LogP contribution in [0.4, 0.5) is 0 Å². The lowest BCUT2D eigenvalue weighted by atomic mass is 10.3. The Morgan fingerprint density at radius 2 is 2.00 bits per heavy atom. The molecular formula is C9H10ClN3O4S3. The molecule has 0 saturated carbocycles. The lowest BCUT2D eigenvalue weighted by Crippen LogP contribution is -2.26. The van der Waals surface area contributed by atoms with Crippen LogP contribution in [0.3, 0.4) is 0 Å². The van der Waals surface area contributed by atoms with E-state index in [4.69, 9.17) is 10.7 Å². The Hall–Kier alpha value is -0.940. The zero-order valence-electron chi connectivity index (χ0n) is 9.91. The summed E-state index contributed by atoms with van der Waals surface area (Å²) in [4.78, 5) is 0.719. The maximum absolute atomic E-state index is 11.8. The molecule has 0 fully saturated rings. The molecule has 20 heavy (non-hydrogen) atoms.